The molecule has 0 aliphatic rings. The maximum absolute atomic E-state index is 13.0. The number of unbranched alkanes of at least 4 members (excludes halogenated alkanes) is 2. The molecule has 0 heterocycles. The first-order chi connectivity index (χ1) is 8.63. The van der Waals surface area contributed by atoms with E-state index in [1.807, 2.05) is 6.92 Å². The van der Waals surface area contributed by atoms with Crippen molar-refractivity contribution in [3.63, 3.8) is 0 Å². The Morgan fingerprint density at radius 1 is 1.28 bits per heavy atom. The minimum absolute atomic E-state index is 0.199. The third kappa shape index (κ3) is 5.17. The number of hydrogen-bond acceptors (Lipinski definition) is 1. The number of carbonyl (C=O) groups is 1. The Balaban J connectivity index is 2.31. The van der Waals surface area contributed by atoms with Crippen molar-refractivity contribution in [3.05, 3.63) is 35.1 Å². The van der Waals surface area contributed by atoms with Crippen LogP contribution >= 0.6 is 0 Å². The highest BCUT2D eigenvalue weighted by Crippen LogP contribution is 2.09. The number of nitrogens with one attached hydrogen (secondary N) is 2. The van der Waals surface area contributed by atoms with E-state index in [1.165, 1.54) is 12.1 Å². The average molecular weight is 252 g/mol. The Morgan fingerprint density at radius 3 is 2.78 bits per heavy atom. The highest BCUT2D eigenvalue weighted by atomic mass is 19.1. The fourth-order valence-corrected chi connectivity index (χ4v) is 1.65. The SMILES string of the molecule is CCCCCNC(=O)NCc1cc(F)ccc1C. The van der Waals surface area contributed by atoms with Crippen LogP contribution in [0.2, 0.25) is 0 Å². The monoisotopic (exact) mass is 252 g/mol. The number of benzene rings is 1. The van der Waals surface area contributed by atoms with E-state index in [9.17, 15) is 9.18 Å². The molecule has 0 saturated heterocycles. The smallest absolute Gasteiger partial charge is 0.315 e. The molecule has 100 valence electrons. The molecule has 18 heavy (non-hydrogen) atoms. The van der Waals surface area contributed by atoms with Gasteiger partial charge in [-0.1, -0.05) is 25.8 Å². The van der Waals surface area contributed by atoms with Crippen molar-refractivity contribution in [1.82, 2.24) is 10.6 Å². The molecule has 0 fully saturated rings. The van der Waals surface area contributed by atoms with Crippen molar-refractivity contribution in [1.29, 1.82) is 0 Å². The second kappa shape index (κ2) is 7.69. The van der Waals surface area contributed by atoms with Crippen LogP contribution in [-0.4, -0.2) is 12.6 Å². The predicted molar refractivity (Wildman–Crippen MR) is 70.9 cm³/mol. The van der Waals surface area contributed by atoms with Gasteiger partial charge in [0.1, 0.15) is 5.82 Å². The summed E-state index contributed by atoms with van der Waals surface area (Å²) in [5.41, 5.74) is 1.78. The first-order valence-electron chi connectivity index (χ1n) is 6.40. The van der Waals surface area contributed by atoms with Crippen LogP contribution in [0.3, 0.4) is 0 Å². The van der Waals surface area contributed by atoms with Crippen LogP contribution in [0.4, 0.5) is 9.18 Å². The lowest BCUT2D eigenvalue weighted by molar-refractivity contribution is 0.240. The third-order valence-electron chi connectivity index (χ3n) is 2.82. The van der Waals surface area contributed by atoms with Gasteiger partial charge in [0.2, 0.25) is 0 Å². The molecule has 0 radical (unpaired) electrons. The predicted octanol–water partition coefficient (Wildman–Crippen LogP) is 3.12. The van der Waals surface area contributed by atoms with E-state index in [2.05, 4.69) is 17.6 Å². The van der Waals surface area contributed by atoms with Crippen LogP contribution in [0.5, 0.6) is 0 Å². The van der Waals surface area contributed by atoms with Gasteiger partial charge in [0, 0.05) is 13.1 Å². The number of rotatable bonds is 6. The summed E-state index contributed by atoms with van der Waals surface area (Å²) in [6, 6.07) is 4.39. The molecule has 2 N–H and O–H groups in total. The largest absolute Gasteiger partial charge is 0.338 e. The summed E-state index contributed by atoms with van der Waals surface area (Å²) in [7, 11) is 0. The second-order valence-electron chi connectivity index (χ2n) is 4.39. The summed E-state index contributed by atoms with van der Waals surface area (Å²) in [4.78, 5) is 11.5. The minimum Gasteiger partial charge on any atom is -0.338 e. The maximum Gasteiger partial charge on any atom is 0.315 e. The molecule has 0 atom stereocenters. The number of hydrogen-bond donors (Lipinski definition) is 2. The Kier molecular flexibility index (Phi) is 6.19. The van der Waals surface area contributed by atoms with Crippen molar-refractivity contribution in [3.8, 4) is 0 Å². The van der Waals surface area contributed by atoms with Gasteiger partial charge in [-0.15, -0.1) is 0 Å². The molecule has 1 aromatic carbocycles. The molecule has 0 aliphatic carbocycles. The topological polar surface area (TPSA) is 41.1 Å². The Hall–Kier alpha value is -1.58. The highest BCUT2D eigenvalue weighted by molar-refractivity contribution is 5.73. The van der Waals surface area contributed by atoms with E-state index in [-0.39, 0.29) is 11.8 Å². The molecule has 0 spiro atoms. The van der Waals surface area contributed by atoms with Gasteiger partial charge < -0.3 is 10.6 Å². The van der Waals surface area contributed by atoms with Crippen LogP contribution in [-0.2, 0) is 6.54 Å². The molecule has 1 rings (SSSR count). The van der Waals surface area contributed by atoms with Gasteiger partial charge in [0.15, 0.2) is 0 Å². The summed E-state index contributed by atoms with van der Waals surface area (Å²) in [6.07, 6.45) is 3.23. The molecule has 0 aliphatic heterocycles. The summed E-state index contributed by atoms with van der Waals surface area (Å²) < 4.78 is 13.0. The van der Waals surface area contributed by atoms with E-state index in [0.29, 0.717) is 13.1 Å². The number of halogens is 1. The van der Waals surface area contributed by atoms with Gasteiger partial charge in [-0.05, 0) is 36.6 Å². The quantitative estimate of drug-likeness (QED) is 0.750. The minimum atomic E-state index is -0.277. The standard InChI is InChI=1S/C14H21FN2O/c1-3-4-5-8-16-14(18)17-10-12-9-13(15)7-6-11(12)2/h6-7,9H,3-5,8,10H2,1-2H3,(H2,16,17,18). The normalized spacial score (nSPS) is 10.2. The lowest BCUT2D eigenvalue weighted by atomic mass is 10.1. The van der Waals surface area contributed by atoms with Gasteiger partial charge in [0.05, 0.1) is 0 Å². The molecule has 0 saturated carbocycles. The molecule has 0 unspecified atom stereocenters. The lowest BCUT2D eigenvalue weighted by Gasteiger charge is -2.09. The third-order valence-corrected chi connectivity index (χ3v) is 2.82. The van der Waals surface area contributed by atoms with Crippen LogP contribution in [0.15, 0.2) is 18.2 Å². The fourth-order valence-electron chi connectivity index (χ4n) is 1.65. The summed E-state index contributed by atoms with van der Waals surface area (Å²) in [6.45, 7) is 5.05. The Labute approximate surface area is 108 Å². The molecule has 1 aromatic rings. The number of urea groups is 1. The van der Waals surface area contributed by atoms with Gasteiger partial charge in [-0.2, -0.15) is 0 Å². The van der Waals surface area contributed by atoms with E-state index in [1.54, 1.807) is 6.07 Å². The zero-order valence-corrected chi connectivity index (χ0v) is 11.1. The van der Waals surface area contributed by atoms with Crippen LogP contribution in [0.25, 0.3) is 0 Å². The Bertz CT molecular complexity index is 393. The molecule has 0 aromatic heterocycles. The number of carbonyl (C=O) groups excluding carboxylic acids is 1. The summed E-state index contributed by atoms with van der Waals surface area (Å²) in [5, 5.41) is 5.51. The van der Waals surface area contributed by atoms with Gasteiger partial charge in [0.25, 0.3) is 0 Å². The van der Waals surface area contributed by atoms with Crippen molar-refractivity contribution in [2.24, 2.45) is 0 Å². The summed E-state index contributed by atoms with van der Waals surface area (Å²) in [5.74, 6) is -0.277. The molecular weight excluding hydrogens is 231 g/mol. The molecule has 3 nitrogen and oxygen atoms in total. The fraction of sp³-hybridized carbons (Fsp3) is 0.500. The van der Waals surface area contributed by atoms with Crippen molar-refractivity contribution in [2.45, 2.75) is 39.7 Å². The van der Waals surface area contributed by atoms with Crippen molar-refractivity contribution in [2.75, 3.05) is 6.54 Å². The first kappa shape index (κ1) is 14.5. The zero-order chi connectivity index (χ0) is 13.4. The van der Waals surface area contributed by atoms with Gasteiger partial charge >= 0.3 is 6.03 Å². The number of amides is 2. The molecule has 0 bridgehead atoms. The van der Waals surface area contributed by atoms with E-state index >= 15 is 0 Å². The zero-order valence-electron chi connectivity index (χ0n) is 11.1. The van der Waals surface area contributed by atoms with E-state index < -0.39 is 0 Å². The van der Waals surface area contributed by atoms with Crippen LogP contribution in [0.1, 0.15) is 37.3 Å². The van der Waals surface area contributed by atoms with E-state index in [4.69, 9.17) is 0 Å². The van der Waals surface area contributed by atoms with Crippen molar-refractivity contribution < 1.29 is 9.18 Å². The average Bonchev–Trinajstić information content (AvgIpc) is 2.36. The first-order valence-corrected chi connectivity index (χ1v) is 6.40. The molecule has 2 amide bonds. The van der Waals surface area contributed by atoms with Gasteiger partial charge in [-0.25, -0.2) is 9.18 Å². The Morgan fingerprint density at radius 2 is 2.06 bits per heavy atom. The van der Waals surface area contributed by atoms with Crippen LogP contribution in [0, 0.1) is 12.7 Å². The second-order valence-corrected chi connectivity index (χ2v) is 4.39. The van der Waals surface area contributed by atoms with E-state index in [0.717, 1.165) is 30.4 Å². The number of aryl methyl sites for hydroxylation is 1. The highest BCUT2D eigenvalue weighted by Gasteiger charge is 2.03. The van der Waals surface area contributed by atoms with Gasteiger partial charge in [-0.3, -0.25) is 0 Å². The van der Waals surface area contributed by atoms with Crippen LogP contribution < -0.4 is 10.6 Å². The lowest BCUT2D eigenvalue weighted by Crippen LogP contribution is -2.35. The van der Waals surface area contributed by atoms with Crippen molar-refractivity contribution >= 4 is 6.03 Å². The maximum atomic E-state index is 13.0. The molecular formula is C14H21FN2O. The summed E-state index contributed by atoms with van der Waals surface area (Å²) >= 11 is 0. The molecule has 4 heteroatoms.